The summed E-state index contributed by atoms with van der Waals surface area (Å²) in [7, 11) is 1.54. The first-order chi connectivity index (χ1) is 8.60. The molecule has 1 unspecified atom stereocenters. The van der Waals surface area contributed by atoms with E-state index in [1.807, 2.05) is 0 Å². The van der Waals surface area contributed by atoms with Gasteiger partial charge in [0.25, 0.3) is 0 Å². The topological polar surface area (TPSA) is 90.3 Å². The fourth-order valence-corrected chi connectivity index (χ4v) is 1.96. The molecule has 0 radical (unpaired) electrons. The number of carbonyl (C=O) groups excluding carboxylic acids is 1. The molecule has 2 N–H and O–H groups in total. The number of carbonyl (C=O) groups is 2. The lowest BCUT2D eigenvalue weighted by Crippen LogP contribution is -2.45. The van der Waals surface area contributed by atoms with Crippen LogP contribution in [0.4, 0.5) is 4.79 Å². The van der Waals surface area contributed by atoms with E-state index in [0.29, 0.717) is 26.1 Å². The van der Waals surface area contributed by atoms with Crippen LogP contribution in [0.3, 0.4) is 0 Å². The Morgan fingerprint density at radius 2 is 2.17 bits per heavy atom. The van der Waals surface area contributed by atoms with Crippen LogP contribution in [-0.2, 0) is 9.53 Å². The van der Waals surface area contributed by atoms with E-state index in [-0.39, 0.29) is 25.7 Å². The molecule has 1 saturated heterocycles. The molecule has 0 aromatic heterocycles. The van der Waals surface area contributed by atoms with Gasteiger partial charge in [-0.2, -0.15) is 0 Å². The number of nitrogens with zero attached hydrogens (tertiary/aromatic N) is 2. The summed E-state index contributed by atoms with van der Waals surface area (Å²) < 4.78 is 4.90. The first kappa shape index (κ1) is 14.7. The van der Waals surface area contributed by atoms with Crippen molar-refractivity contribution in [3.05, 3.63) is 0 Å². The monoisotopic (exact) mass is 260 g/mol. The number of aliphatic hydroxyl groups is 1. The van der Waals surface area contributed by atoms with E-state index in [4.69, 9.17) is 14.9 Å². The molecule has 104 valence electrons. The Kier molecular flexibility index (Phi) is 5.87. The lowest BCUT2D eigenvalue weighted by atomic mass is 10.1. The van der Waals surface area contributed by atoms with Crippen LogP contribution < -0.4 is 0 Å². The predicted octanol–water partition coefficient (Wildman–Crippen LogP) is -0.546. The number of hydrogen-bond donors (Lipinski definition) is 2. The molecule has 1 fully saturated rings. The van der Waals surface area contributed by atoms with E-state index in [2.05, 4.69) is 0 Å². The number of carboxylic acid groups (broad SMARTS) is 1. The number of methoxy groups -OCH3 is 1. The second-order valence-corrected chi connectivity index (χ2v) is 4.26. The van der Waals surface area contributed by atoms with E-state index in [1.165, 1.54) is 16.9 Å². The fraction of sp³-hybridized carbons (Fsp3) is 0.818. The van der Waals surface area contributed by atoms with Crippen molar-refractivity contribution in [2.45, 2.75) is 6.42 Å². The standard InChI is InChI=1S/C11H20N2O5/c1-18-7-5-12(4-6-14)11(17)13-3-2-9(8-13)10(15)16/h9,14H,2-8H2,1H3,(H,15,16). The zero-order valence-corrected chi connectivity index (χ0v) is 10.5. The summed E-state index contributed by atoms with van der Waals surface area (Å²) in [5.74, 6) is -1.34. The number of aliphatic carboxylic acids is 1. The van der Waals surface area contributed by atoms with Gasteiger partial charge in [0.15, 0.2) is 0 Å². The highest BCUT2D eigenvalue weighted by atomic mass is 16.5. The number of urea groups is 1. The lowest BCUT2D eigenvalue weighted by molar-refractivity contribution is -0.141. The Morgan fingerprint density at radius 3 is 2.67 bits per heavy atom. The molecule has 0 aromatic rings. The average Bonchev–Trinajstić information content (AvgIpc) is 2.83. The molecule has 0 bridgehead atoms. The van der Waals surface area contributed by atoms with Crippen molar-refractivity contribution in [1.29, 1.82) is 0 Å². The van der Waals surface area contributed by atoms with Crippen LogP contribution in [0.2, 0.25) is 0 Å². The Balaban J connectivity index is 2.52. The molecule has 7 heteroatoms. The smallest absolute Gasteiger partial charge is 0.320 e. The van der Waals surface area contributed by atoms with Crippen molar-refractivity contribution < 1.29 is 24.5 Å². The third-order valence-electron chi connectivity index (χ3n) is 3.01. The van der Waals surface area contributed by atoms with Crippen molar-refractivity contribution in [3.63, 3.8) is 0 Å². The maximum Gasteiger partial charge on any atom is 0.320 e. The molecule has 1 atom stereocenters. The van der Waals surface area contributed by atoms with Gasteiger partial charge >= 0.3 is 12.0 Å². The normalized spacial score (nSPS) is 19.0. The van der Waals surface area contributed by atoms with Crippen LogP contribution in [0.5, 0.6) is 0 Å². The molecular formula is C11H20N2O5. The van der Waals surface area contributed by atoms with Crippen LogP contribution in [0.1, 0.15) is 6.42 Å². The van der Waals surface area contributed by atoms with Gasteiger partial charge in [-0.25, -0.2) is 4.79 Å². The number of carboxylic acids is 1. The molecule has 1 aliphatic rings. The summed E-state index contributed by atoms with van der Waals surface area (Å²) in [6.45, 7) is 1.59. The zero-order valence-electron chi connectivity index (χ0n) is 10.5. The molecule has 0 spiro atoms. The van der Waals surface area contributed by atoms with Gasteiger partial charge in [0.1, 0.15) is 0 Å². The largest absolute Gasteiger partial charge is 0.481 e. The van der Waals surface area contributed by atoms with Gasteiger partial charge in [-0.15, -0.1) is 0 Å². The number of likely N-dealkylation sites (tertiary alicyclic amines) is 1. The van der Waals surface area contributed by atoms with Gasteiger partial charge in [-0.05, 0) is 6.42 Å². The number of hydrogen-bond acceptors (Lipinski definition) is 4. The summed E-state index contributed by atoms with van der Waals surface area (Å²) in [5.41, 5.74) is 0. The van der Waals surface area contributed by atoms with Gasteiger partial charge in [0.05, 0.1) is 19.1 Å². The molecule has 1 rings (SSSR count). The predicted molar refractivity (Wildman–Crippen MR) is 63.2 cm³/mol. The van der Waals surface area contributed by atoms with Gasteiger partial charge in [0, 0.05) is 33.3 Å². The first-order valence-corrected chi connectivity index (χ1v) is 5.96. The fourth-order valence-electron chi connectivity index (χ4n) is 1.96. The molecule has 7 nitrogen and oxygen atoms in total. The summed E-state index contributed by atoms with van der Waals surface area (Å²) >= 11 is 0. The third-order valence-corrected chi connectivity index (χ3v) is 3.01. The minimum absolute atomic E-state index is 0.119. The number of aliphatic hydroxyl groups excluding tert-OH is 1. The number of amides is 2. The van der Waals surface area contributed by atoms with Crippen LogP contribution in [0, 0.1) is 5.92 Å². The number of ether oxygens (including phenoxy) is 1. The van der Waals surface area contributed by atoms with Crippen molar-refractivity contribution >= 4 is 12.0 Å². The Bertz CT molecular complexity index is 297. The maximum atomic E-state index is 12.1. The van der Waals surface area contributed by atoms with Gasteiger partial charge in [-0.1, -0.05) is 0 Å². The van der Waals surface area contributed by atoms with Crippen molar-refractivity contribution in [3.8, 4) is 0 Å². The quantitative estimate of drug-likeness (QED) is 0.669. The van der Waals surface area contributed by atoms with Crippen LogP contribution in [0.15, 0.2) is 0 Å². The summed E-state index contributed by atoms with van der Waals surface area (Å²) in [5, 5.41) is 17.8. The molecule has 18 heavy (non-hydrogen) atoms. The van der Waals surface area contributed by atoms with Crippen LogP contribution >= 0.6 is 0 Å². The second-order valence-electron chi connectivity index (χ2n) is 4.26. The molecule has 1 heterocycles. The maximum absolute atomic E-state index is 12.1. The molecule has 0 aliphatic carbocycles. The molecule has 0 aromatic carbocycles. The Labute approximate surface area is 106 Å². The van der Waals surface area contributed by atoms with E-state index in [9.17, 15) is 9.59 Å². The highest BCUT2D eigenvalue weighted by Crippen LogP contribution is 2.17. The first-order valence-electron chi connectivity index (χ1n) is 5.96. The van der Waals surface area contributed by atoms with Crippen molar-refractivity contribution in [2.24, 2.45) is 5.92 Å². The van der Waals surface area contributed by atoms with E-state index in [1.54, 1.807) is 0 Å². The molecule has 2 amide bonds. The number of rotatable bonds is 6. The van der Waals surface area contributed by atoms with Crippen LogP contribution in [-0.4, -0.2) is 78.5 Å². The lowest BCUT2D eigenvalue weighted by Gasteiger charge is -2.27. The van der Waals surface area contributed by atoms with Crippen LogP contribution in [0.25, 0.3) is 0 Å². The van der Waals surface area contributed by atoms with E-state index in [0.717, 1.165) is 0 Å². The minimum atomic E-state index is -0.865. The van der Waals surface area contributed by atoms with E-state index < -0.39 is 11.9 Å². The Morgan fingerprint density at radius 1 is 1.44 bits per heavy atom. The second kappa shape index (κ2) is 7.17. The van der Waals surface area contributed by atoms with E-state index >= 15 is 0 Å². The highest BCUT2D eigenvalue weighted by molar-refractivity contribution is 5.77. The molecule has 1 aliphatic heterocycles. The summed E-state index contributed by atoms with van der Waals surface area (Å²) in [4.78, 5) is 25.9. The van der Waals surface area contributed by atoms with Crippen molar-refractivity contribution in [1.82, 2.24) is 9.80 Å². The summed E-state index contributed by atoms with van der Waals surface area (Å²) in [6.07, 6.45) is 0.484. The minimum Gasteiger partial charge on any atom is -0.481 e. The zero-order chi connectivity index (χ0) is 13.5. The Hall–Kier alpha value is -1.34. The SMILES string of the molecule is COCCN(CCO)C(=O)N1CCC(C(=O)O)C1. The van der Waals surface area contributed by atoms with Gasteiger partial charge < -0.3 is 24.7 Å². The average molecular weight is 260 g/mol. The van der Waals surface area contributed by atoms with Crippen molar-refractivity contribution in [2.75, 3.05) is 46.5 Å². The highest BCUT2D eigenvalue weighted by Gasteiger charge is 2.32. The van der Waals surface area contributed by atoms with Gasteiger partial charge in [-0.3, -0.25) is 4.79 Å². The van der Waals surface area contributed by atoms with Gasteiger partial charge in [0.2, 0.25) is 0 Å². The molecule has 0 saturated carbocycles. The molecular weight excluding hydrogens is 240 g/mol. The third kappa shape index (κ3) is 3.85. The summed E-state index contributed by atoms with van der Waals surface area (Å²) in [6, 6.07) is -0.232.